The number of hydrogen-bond acceptors (Lipinski definition) is 6. The molecule has 2 fully saturated rings. The zero-order valence-corrected chi connectivity index (χ0v) is 16.9. The standard InChI is InChI=1S/C21H25FN4O4/c1-25(17-11-13-7-9-16(20(17)22)26(13)21(27)28)19-10-8-15(23-24-19)14-5-3-4-6-18(14)30-12-29-2/h3-6,8,10,13,16-17,20H,7,9,11-12H2,1-2H3,(H,27,28)/t13-,16+,17-,20+/m0/s1. The number of methoxy groups -OCH3 is 1. The zero-order chi connectivity index (χ0) is 21.3. The molecule has 8 nitrogen and oxygen atoms in total. The second kappa shape index (κ2) is 8.43. The number of anilines is 1. The van der Waals surface area contributed by atoms with E-state index in [9.17, 15) is 9.90 Å². The summed E-state index contributed by atoms with van der Waals surface area (Å²) >= 11 is 0. The number of alkyl halides is 1. The van der Waals surface area contributed by atoms with Crippen molar-refractivity contribution in [3.05, 3.63) is 36.4 Å². The Morgan fingerprint density at radius 3 is 2.77 bits per heavy atom. The Hall–Kier alpha value is -2.94. The number of hydrogen-bond donors (Lipinski definition) is 1. The maximum absolute atomic E-state index is 15.2. The van der Waals surface area contributed by atoms with Crippen molar-refractivity contribution in [2.75, 3.05) is 25.9 Å². The Morgan fingerprint density at radius 2 is 2.07 bits per heavy atom. The van der Waals surface area contributed by atoms with Crippen LogP contribution in [-0.2, 0) is 4.74 Å². The largest absolute Gasteiger partial charge is 0.467 e. The minimum atomic E-state index is -1.27. The number of halogens is 1. The normalized spacial score (nSPS) is 25.2. The van der Waals surface area contributed by atoms with Crippen molar-refractivity contribution in [1.82, 2.24) is 15.1 Å². The Balaban J connectivity index is 1.52. The summed E-state index contributed by atoms with van der Waals surface area (Å²) in [5.74, 6) is 1.18. The van der Waals surface area contributed by atoms with E-state index < -0.39 is 24.3 Å². The molecule has 4 atom stereocenters. The quantitative estimate of drug-likeness (QED) is 0.724. The van der Waals surface area contributed by atoms with Crippen LogP contribution in [0.25, 0.3) is 11.3 Å². The first kappa shape index (κ1) is 20.3. The van der Waals surface area contributed by atoms with Crippen molar-refractivity contribution >= 4 is 11.9 Å². The minimum absolute atomic E-state index is 0.126. The van der Waals surface area contributed by atoms with Crippen LogP contribution >= 0.6 is 0 Å². The molecule has 2 bridgehead atoms. The van der Waals surface area contributed by atoms with Gasteiger partial charge < -0.3 is 19.5 Å². The Labute approximate surface area is 174 Å². The van der Waals surface area contributed by atoms with Crippen LogP contribution in [-0.4, -0.2) is 71.5 Å². The van der Waals surface area contributed by atoms with E-state index in [0.29, 0.717) is 36.5 Å². The van der Waals surface area contributed by atoms with Gasteiger partial charge in [0, 0.05) is 25.8 Å². The molecule has 1 aromatic heterocycles. The first-order chi connectivity index (χ1) is 14.5. The van der Waals surface area contributed by atoms with Crippen molar-refractivity contribution in [3.63, 3.8) is 0 Å². The van der Waals surface area contributed by atoms with Crippen LogP contribution in [0, 0.1) is 0 Å². The molecule has 0 aliphatic carbocycles. The molecule has 3 heterocycles. The van der Waals surface area contributed by atoms with Gasteiger partial charge in [0.1, 0.15) is 11.9 Å². The molecule has 0 spiro atoms. The number of amides is 1. The van der Waals surface area contributed by atoms with Crippen LogP contribution in [0.1, 0.15) is 19.3 Å². The topological polar surface area (TPSA) is 88.0 Å². The van der Waals surface area contributed by atoms with Crippen LogP contribution in [0.3, 0.4) is 0 Å². The Kier molecular flexibility index (Phi) is 5.72. The lowest BCUT2D eigenvalue weighted by atomic mass is 9.94. The van der Waals surface area contributed by atoms with E-state index in [1.54, 1.807) is 25.1 Å². The van der Waals surface area contributed by atoms with Crippen molar-refractivity contribution in [2.24, 2.45) is 0 Å². The van der Waals surface area contributed by atoms with Crippen LogP contribution in [0.15, 0.2) is 36.4 Å². The highest BCUT2D eigenvalue weighted by atomic mass is 19.1. The van der Waals surface area contributed by atoms with E-state index in [1.165, 1.54) is 4.90 Å². The highest BCUT2D eigenvalue weighted by molar-refractivity contribution is 5.68. The Bertz CT molecular complexity index is 897. The number of nitrogens with zero attached hydrogens (tertiary/aromatic N) is 4. The monoisotopic (exact) mass is 416 g/mol. The molecule has 2 aliphatic heterocycles. The molecule has 0 unspecified atom stereocenters. The predicted molar refractivity (Wildman–Crippen MR) is 108 cm³/mol. The molecule has 2 aromatic rings. The van der Waals surface area contributed by atoms with Crippen molar-refractivity contribution in [3.8, 4) is 17.0 Å². The highest BCUT2D eigenvalue weighted by Gasteiger charge is 2.51. The Morgan fingerprint density at radius 1 is 1.27 bits per heavy atom. The first-order valence-electron chi connectivity index (χ1n) is 9.94. The number of benzene rings is 1. The van der Waals surface area contributed by atoms with Gasteiger partial charge in [-0.25, -0.2) is 9.18 Å². The summed E-state index contributed by atoms with van der Waals surface area (Å²) in [6.45, 7) is 0.126. The first-order valence-corrected chi connectivity index (χ1v) is 9.94. The lowest BCUT2D eigenvalue weighted by molar-refractivity contribution is 0.0489. The smallest absolute Gasteiger partial charge is 0.407 e. The molecule has 0 saturated carbocycles. The van der Waals surface area contributed by atoms with E-state index >= 15 is 4.39 Å². The number of piperidine rings is 1. The molecule has 4 rings (SSSR count). The predicted octanol–water partition coefficient (Wildman–Crippen LogP) is 3.18. The van der Waals surface area contributed by atoms with Crippen molar-refractivity contribution < 1.29 is 23.8 Å². The van der Waals surface area contributed by atoms with Gasteiger partial charge in [0.05, 0.1) is 17.8 Å². The van der Waals surface area contributed by atoms with Crippen LogP contribution in [0.2, 0.25) is 0 Å². The maximum atomic E-state index is 15.2. The van der Waals surface area contributed by atoms with E-state index in [1.807, 2.05) is 30.3 Å². The average Bonchev–Trinajstić information content (AvgIpc) is 3.12. The average molecular weight is 416 g/mol. The number of rotatable bonds is 6. The third-order valence-electron chi connectivity index (χ3n) is 6.02. The molecule has 9 heteroatoms. The summed E-state index contributed by atoms with van der Waals surface area (Å²) in [5.41, 5.74) is 1.42. The summed E-state index contributed by atoms with van der Waals surface area (Å²) in [6.07, 6.45) is -0.604. The fourth-order valence-corrected chi connectivity index (χ4v) is 4.54. The minimum Gasteiger partial charge on any atom is -0.467 e. The summed E-state index contributed by atoms with van der Waals surface area (Å²) in [6, 6.07) is 9.91. The fourth-order valence-electron chi connectivity index (χ4n) is 4.54. The summed E-state index contributed by atoms with van der Waals surface area (Å²) in [7, 11) is 3.34. The molecule has 1 aromatic carbocycles. The lowest BCUT2D eigenvalue weighted by Gasteiger charge is -2.43. The molecule has 30 heavy (non-hydrogen) atoms. The van der Waals surface area contributed by atoms with Gasteiger partial charge in [-0.2, -0.15) is 0 Å². The molecule has 2 saturated heterocycles. The number of para-hydroxylation sites is 1. The number of carbonyl (C=O) groups is 1. The SMILES string of the molecule is COCOc1ccccc1-c1ccc(N(C)[C@H]2C[C@@H]3CC[C@H]([C@H]2F)N3C(=O)O)nn1. The fraction of sp³-hybridized carbons (Fsp3) is 0.476. The molecule has 0 radical (unpaired) electrons. The number of fused-ring (bicyclic) bond motifs is 2. The second-order valence-corrected chi connectivity index (χ2v) is 7.67. The van der Waals surface area contributed by atoms with E-state index in [0.717, 1.165) is 5.56 Å². The van der Waals surface area contributed by atoms with Gasteiger partial charge in [-0.1, -0.05) is 12.1 Å². The third kappa shape index (κ3) is 3.65. The molecule has 2 aliphatic rings. The molecule has 160 valence electrons. The third-order valence-corrected chi connectivity index (χ3v) is 6.02. The summed E-state index contributed by atoms with van der Waals surface area (Å²) in [5, 5.41) is 18.0. The van der Waals surface area contributed by atoms with Crippen LogP contribution < -0.4 is 9.64 Å². The summed E-state index contributed by atoms with van der Waals surface area (Å²) in [4.78, 5) is 14.5. The highest BCUT2D eigenvalue weighted by Crippen LogP contribution is 2.40. The number of ether oxygens (including phenoxy) is 2. The van der Waals surface area contributed by atoms with Gasteiger partial charge in [0.15, 0.2) is 12.6 Å². The van der Waals surface area contributed by atoms with E-state index in [4.69, 9.17) is 9.47 Å². The maximum Gasteiger partial charge on any atom is 0.407 e. The lowest BCUT2D eigenvalue weighted by Crippen LogP contribution is -2.58. The van der Waals surface area contributed by atoms with Gasteiger partial charge in [0.2, 0.25) is 0 Å². The van der Waals surface area contributed by atoms with Gasteiger partial charge >= 0.3 is 6.09 Å². The number of aromatic nitrogens is 2. The van der Waals surface area contributed by atoms with Crippen molar-refractivity contribution in [1.29, 1.82) is 0 Å². The van der Waals surface area contributed by atoms with E-state index in [-0.39, 0.29) is 12.8 Å². The summed E-state index contributed by atoms with van der Waals surface area (Å²) < 4.78 is 25.7. The van der Waals surface area contributed by atoms with Gasteiger partial charge in [-0.15, -0.1) is 10.2 Å². The molecular weight excluding hydrogens is 391 g/mol. The molecule has 1 N–H and O–H groups in total. The van der Waals surface area contributed by atoms with Crippen LogP contribution in [0.5, 0.6) is 5.75 Å². The number of carboxylic acid groups (broad SMARTS) is 1. The van der Waals surface area contributed by atoms with Gasteiger partial charge in [-0.05, 0) is 43.5 Å². The van der Waals surface area contributed by atoms with Gasteiger partial charge in [0.25, 0.3) is 0 Å². The van der Waals surface area contributed by atoms with Crippen molar-refractivity contribution in [2.45, 2.75) is 43.6 Å². The second-order valence-electron chi connectivity index (χ2n) is 7.67. The van der Waals surface area contributed by atoms with E-state index in [2.05, 4.69) is 10.2 Å². The van der Waals surface area contributed by atoms with Crippen LogP contribution in [0.4, 0.5) is 15.0 Å². The van der Waals surface area contributed by atoms with Gasteiger partial charge in [-0.3, -0.25) is 4.90 Å². The molecular formula is C21H25FN4O4. The molecule has 1 amide bonds. The zero-order valence-electron chi connectivity index (χ0n) is 16.9.